The molecule has 136 valence electrons. The van der Waals surface area contributed by atoms with Crippen LogP contribution in [0.25, 0.3) is 0 Å². The molecule has 0 bridgehead atoms. The predicted molar refractivity (Wildman–Crippen MR) is 99.3 cm³/mol. The number of fused-ring (bicyclic) bond motifs is 1. The zero-order valence-electron chi connectivity index (χ0n) is 15.2. The highest BCUT2D eigenvalue weighted by Crippen LogP contribution is 2.39. The van der Waals surface area contributed by atoms with Crippen molar-refractivity contribution >= 4 is 5.96 Å². The normalized spacial score (nSPS) is 25.6. The van der Waals surface area contributed by atoms with E-state index in [1.807, 2.05) is 13.1 Å². The third-order valence-electron chi connectivity index (χ3n) is 6.09. The lowest BCUT2D eigenvalue weighted by molar-refractivity contribution is 0.0217. The van der Waals surface area contributed by atoms with Gasteiger partial charge in [0.1, 0.15) is 5.75 Å². The molecule has 0 aliphatic carbocycles. The first-order valence-electron chi connectivity index (χ1n) is 9.55. The number of guanidine groups is 1. The summed E-state index contributed by atoms with van der Waals surface area (Å²) >= 11 is 0. The number of aliphatic imine (C=N–C) groups is 1. The van der Waals surface area contributed by atoms with Crippen molar-refractivity contribution in [3.8, 4) is 5.75 Å². The van der Waals surface area contributed by atoms with Crippen LogP contribution in [0.1, 0.15) is 37.2 Å². The second kappa shape index (κ2) is 7.24. The molecule has 3 aliphatic rings. The molecular weight excluding hydrogens is 314 g/mol. The average molecular weight is 343 g/mol. The fourth-order valence-electron chi connectivity index (χ4n) is 4.50. The van der Waals surface area contributed by atoms with E-state index < -0.39 is 0 Å². The molecule has 0 saturated carbocycles. The highest BCUT2D eigenvalue weighted by molar-refractivity contribution is 5.80. The van der Waals surface area contributed by atoms with Gasteiger partial charge in [0.05, 0.1) is 6.61 Å². The topological polar surface area (TPSA) is 46.1 Å². The Bertz CT molecular complexity index is 625. The van der Waals surface area contributed by atoms with Crippen LogP contribution in [0, 0.1) is 5.41 Å². The number of hydrogen-bond donors (Lipinski definition) is 1. The van der Waals surface area contributed by atoms with Gasteiger partial charge in [-0.05, 0) is 42.7 Å². The van der Waals surface area contributed by atoms with Crippen LogP contribution in [-0.4, -0.2) is 57.4 Å². The van der Waals surface area contributed by atoms with Crippen LogP contribution in [0.3, 0.4) is 0 Å². The van der Waals surface area contributed by atoms with E-state index in [0.29, 0.717) is 11.3 Å². The number of nitrogens with one attached hydrogen (secondary N) is 1. The number of hydrogen-bond acceptors (Lipinski definition) is 3. The van der Waals surface area contributed by atoms with Crippen LogP contribution in [-0.2, 0) is 4.74 Å². The molecule has 3 heterocycles. The summed E-state index contributed by atoms with van der Waals surface area (Å²) in [4.78, 5) is 7.00. The Balaban J connectivity index is 1.37. The SMILES string of the molecule is CN=C(NCC1CCOc2ccccc21)N1CCC2(CCOCC2)C1. The Morgan fingerprint density at radius 2 is 2.08 bits per heavy atom. The lowest BCUT2D eigenvalue weighted by Crippen LogP contribution is -2.43. The van der Waals surface area contributed by atoms with Gasteiger partial charge in [-0.3, -0.25) is 4.99 Å². The van der Waals surface area contributed by atoms with E-state index in [0.717, 1.165) is 57.6 Å². The standard InChI is InChI=1S/C20H29N3O2/c1-21-19(23-10-7-20(15-23)8-12-24-13-9-20)22-14-16-6-11-25-18-5-3-2-4-17(16)18/h2-5,16H,6-15H2,1H3,(H,21,22). The van der Waals surface area contributed by atoms with Gasteiger partial charge in [-0.25, -0.2) is 0 Å². The summed E-state index contributed by atoms with van der Waals surface area (Å²) in [5.41, 5.74) is 1.76. The van der Waals surface area contributed by atoms with Crippen molar-refractivity contribution in [2.75, 3.05) is 46.5 Å². The fourth-order valence-corrected chi connectivity index (χ4v) is 4.50. The van der Waals surface area contributed by atoms with E-state index >= 15 is 0 Å². The van der Waals surface area contributed by atoms with Gasteiger partial charge in [-0.2, -0.15) is 0 Å². The molecule has 0 radical (unpaired) electrons. The molecule has 5 nitrogen and oxygen atoms in total. The highest BCUT2D eigenvalue weighted by atomic mass is 16.5. The maximum absolute atomic E-state index is 5.78. The molecule has 2 saturated heterocycles. The smallest absolute Gasteiger partial charge is 0.193 e. The number of rotatable bonds is 2. The van der Waals surface area contributed by atoms with E-state index in [2.05, 4.69) is 33.4 Å². The maximum Gasteiger partial charge on any atom is 0.193 e. The Labute approximate surface area is 150 Å². The quantitative estimate of drug-likeness (QED) is 0.662. The average Bonchev–Trinajstić information content (AvgIpc) is 3.06. The van der Waals surface area contributed by atoms with Crippen molar-refractivity contribution in [3.63, 3.8) is 0 Å². The van der Waals surface area contributed by atoms with Crippen LogP contribution < -0.4 is 10.1 Å². The van der Waals surface area contributed by atoms with Crippen molar-refractivity contribution in [3.05, 3.63) is 29.8 Å². The number of benzene rings is 1. The number of para-hydroxylation sites is 1. The van der Waals surface area contributed by atoms with Crippen LogP contribution in [0.15, 0.2) is 29.3 Å². The molecule has 4 rings (SSSR count). The molecule has 0 amide bonds. The van der Waals surface area contributed by atoms with E-state index in [9.17, 15) is 0 Å². The Hall–Kier alpha value is -1.75. The first-order valence-corrected chi connectivity index (χ1v) is 9.55. The van der Waals surface area contributed by atoms with Crippen LogP contribution in [0.5, 0.6) is 5.75 Å². The molecule has 1 aromatic rings. The second-order valence-corrected chi connectivity index (χ2v) is 7.58. The zero-order valence-corrected chi connectivity index (χ0v) is 15.2. The molecule has 1 aromatic carbocycles. The summed E-state index contributed by atoms with van der Waals surface area (Å²) < 4.78 is 11.3. The number of ether oxygens (including phenoxy) is 2. The van der Waals surface area contributed by atoms with Crippen LogP contribution in [0.4, 0.5) is 0 Å². The zero-order chi connectivity index (χ0) is 17.1. The van der Waals surface area contributed by atoms with E-state index in [-0.39, 0.29) is 0 Å². The molecular formula is C20H29N3O2. The Morgan fingerprint density at radius 1 is 1.24 bits per heavy atom. The molecule has 1 unspecified atom stereocenters. The first kappa shape index (κ1) is 16.7. The highest BCUT2D eigenvalue weighted by Gasteiger charge is 2.40. The summed E-state index contributed by atoms with van der Waals surface area (Å²) in [7, 11) is 1.90. The van der Waals surface area contributed by atoms with Gasteiger partial charge in [-0.15, -0.1) is 0 Å². The van der Waals surface area contributed by atoms with Gasteiger partial charge >= 0.3 is 0 Å². The van der Waals surface area contributed by atoms with E-state index in [4.69, 9.17) is 9.47 Å². The lowest BCUT2D eigenvalue weighted by atomic mass is 9.80. The minimum Gasteiger partial charge on any atom is -0.493 e. The van der Waals surface area contributed by atoms with Crippen LogP contribution in [0.2, 0.25) is 0 Å². The lowest BCUT2D eigenvalue weighted by Gasteiger charge is -2.34. The van der Waals surface area contributed by atoms with Crippen LogP contribution >= 0.6 is 0 Å². The molecule has 1 spiro atoms. The van der Waals surface area contributed by atoms with Gasteiger partial charge in [0.15, 0.2) is 5.96 Å². The summed E-state index contributed by atoms with van der Waals surface area (Å²) in [6.07, 6.45) is 4.70. The van der Waals surface area contributed by atoms with Crippen molar-refractivity contribution < 1.29 is 9.47 Å². The minimum absolute atomic E-state index is 0.446. The Kier molecular flexibility index (Phi) is 4.84. The first-order chi connectivity index (χ1) is 12.3. The van der Waals surface area contributed by atoms with Crippen molar-refractivity contribution in [2.24, 2.45) is 10.4 Å². The summed E-state index contributed by atoms with van der Waals surface area (Å²) in [5, 5.41) is 3.63. The molecule has 5 heteroatoms. The third kappa shape index (κ3) is 3.47. The fraction of sp³-hybridized carbons (Fsp3) is 0.650. The van der Waals surface area contributed by atoms with Gasteiger partial charge in [0.2, 0.25) is 0 Å². The van der Waals surface area contributed by atoms with E-state index in [1.54, 1.807) is 0 Å². The summed E-state index contributed by atoms with van der Waals surface area (Å²) in [5.74, 6) is 2.58. The molecule has 1 atom stereocenters. The largest absolute Gasteiger partial charge is 0.493 e. The predicted octanol–water partition coefficient (Wildman–Crippen LogP) is 2.63. The molecule has 3 aliphatic heterocycles. The second-order valence-electron chi connectivity index (χ2n) is 7.58. The van der Waals surface area contributed by atoms with Crippen molar-refractivity contribution in [1.82, 2.24) is 10.2 Å². The van der Waals surface area contributed by atoms with Gasteiger partial charge in [-0.1, -0.05) is 18.2 Å². The molecule has 0 aromatic heterocycles. The third-order valence-corrected chi connectivity index (χ3v) is 6.09. The molecule has 25 heavy (non-hydrogen) atoms. The minimum atomic E-state index is 0.446. The number of nitrogens with zero attached hydrogens (tertiary/aromatic N) is 2. The molecule has 2 fully saturated rings. The van der Waals surface area contributed by atoms with Gasteiger partial charge in [0, 0.05) is 45.8 Å². The van der Waals surface area contributed by atoms with Gasteiger partial charge < -0.3 is 19.7 Å². The van der Waals surface area contributed by atoms with E-state index in [1.165, 1.54) is 24.8 Å². The number of likely N-dealkylation sites (tertiary alicyclic amines) is 1. The van der Waals surface area contributed by atoms with Gasteiger partial charge in [0.25, 0.3) is 0 Å². The monoisotopic (exact) mass is 343 g/mol. The molecule has 1 N–H and O–H groups in total. The van der Waals surface area contributed by atoms with Crippen molar-refractivity contribution in [2.45, 2.75) is 31.6 Å². The summed E-state index contributed by atoms with van der Waals surface area (Å²) in [6, 6.07) is 8.41. The Morgan fingerprint density at radius 3 is 2.92 bits per heavy atom. The summed E-state index contributed by atoms with van der Waals surface area (Å²) in [6.45, 7) is 5.76. The van der Waals surface area contributed by atoms with Crippen molar-refractivity contribution in [1.29, 1.82) is 0 Å². The maximum atomic E-state index is 5.78.